The minimum atomic E-state index is -1.81. The zero-order valence-corrected chi connectivity index (χ0v) is 23.4. The summed E-state index contributed by atoms with van der Waals surface area (Å²) in [5.41, 5.74) is 0.942. The molecule has 40 heavy (non-hydrogen) atoms. The number of likely N-dealkylation sites (tertiary alicyclic amines) is 1. The first-order chi connectivity index (χ1) is 18.9. The fraction of sp³-hybridized carbons (Fsp3) is 0.536. The molecule has 1 spiro atoms. The zero-order chi connectivity index (χ0) is 28.4. The highest BCUT2D eigenvalue weighted by atomic mass is 35.5. The van der Waals surface area contributed by atoms with Crippen molar-refractivity contribution in [3.8, 4) is 5.75 Å². The number of amides is 2. The number of carbonyl (C=O) groups excluding carboxylic acids is 2. The summed E-state index contributed by atoms with van der Waals surface area (Å²) in [4.78, 5) is 36.1. The van der Waals surface area contributed by atoms with E-state index in [0.29, 0.717) is 87.0 Å². The van der Waals surface area contributed by atoms with Crippen molar-refractivity contribution in [1.29, 1.82) is 0 Å². The lowest BCUT2D eigenvalue weighted by Crippen LogP contribution is -2.57. The number of pyridine rings is 1. The summed E-state index contributed by atoms with van der Waals surface area (Å²) in [5.74, 6) is 1.21. The van der Waals surface area contributed by atoms with Crippen LogP contribution in [0.4, 0.5) is 11.5 Å². The van der Waals surface area contributed by atoms with Crippen LogP contribution in [0.5, 0.6) is 5.75 Å². The van der Waals surface area contributed by atoms with E-state index >= 15 is 0 Å². The number of hydrogen-bond donors (Lipinski definition) is 1. The lowest BCUT2D eigenvalue weighted by atomic mass is 9.48. The van der Waals surface area contributed by atoms with Gasteiger partial charge in [-0.3, -0.25) is 19.4 Å². The van der Waals surface area contributed by atoms with Gasteiger partial charge in [-0.1, -0.05) is 16.8 Å². The van der Waals surface area contributed by atoms with E-state index in [0.717, 1.165) is 11.1 Å². The maximum Gasteiger partial charge on any atom is 0.236 e. The number of aliphatic hydroxyl groups is 1. The Hall–Kier alpha value is -2.49. The van der Waals surface area contributed by atoms with Gasteiger partial charge in [0, 0.05) is 29.7 Å². The molecule has 0 bridgehead atoms. The topological polar surface area (TPSA) is 86.2 Å². The smallest absolute Gasteiger partial charge is 0.236 e. The number of aromatic nitrogens is 1. The lowest BCUT2D eigenvalue weighted by molar-refractivity contribution is -0.125. The first kappa shape index (κ1) is 27.7. The minimum Gasteiger partial charge on any atom is -0.491 e. The monoisotopic (exact) mass is 554 g/mol. The van der Waals surface area contributed by atoms with Crippen molar-refractivity contribution in [2.24, 2.45) is 0 Å². The summed E-state index contributed by atoms with van der Waals surface area (Å²) in [5, 5.41) is 8.89. The predicted molar refractivity (Wildman–Crippen MR) is 155 cm³/mol. The Morgan fingerprint density at radius 1 is 1.15 bits per heavy atom. The molecule has 1 aromatic carbocycles. The van der Waals surface area contributed by atoms with E-state index < -0.39 is 16.3 Å². The summed E-state index contributed by atoms with van der Waals surface area (Å²) in [7, 11) is 17.9. The molecular formula is C28H30B3ClN4O4. The number of ether oxygens (including phenoxy) is 1. The number of rotatable bonds is 6. The third-order valence-corrected chi connectivity index (χ3v) is 9.07. The number of benzene rings is 1. The summed E-state index contributed by atoms with van der Waals surface area (Å²) in [6, 6.07) is 7.24. The lowest BCUT2D eigenvalue weighted by Gasteiger charge is -2.47. The van der Waals surface area contributed by atoms with Gasteiger partial charge in [-0.2, -0.15) is 0 Å². The van der Waals surface area contributed by atoms with Gasteiger partial charge in [0.2, 0.25) is 11.8 Å². The third-order valence-electron chi connectivity index (χ3n) is 8.84. The van der Waals surface area contributed by atoms with Crippen molar-refractivity contribution in [2.45, 2.75) is 67.7 Å². The molecule has 8 nitrogen and oxygen atoms in total. The quantitative estimate of drug-likeness (QED) is 0.549. The number of fused-ring (bicyclic) bond motifs is 3. The molecule has 2 amide bonds. The van der Waals surface area contributed by atoms with Crippen LogP contribution in [0.15, 0.2) is 30.5 Å². The molecule has 6 radical (unpaired) electrons. The Balaban J connectivity index is 1.08. The van der Waals surface area contributed by atoms with Gasteiger partial charge in [-0.05, 0) is 87.5 Å². The van der Waals surface area contributed by atoms with Crippen molar-refractivity contribution in [1.82, 2.24) is 9.88 Å². The van der Waals surface area contributed by atoms with Crippen LogP contribution in [-0.4, -0.2) is 93.5 Å². The molecule has 1 saturated heterocycles. The number of piperidine rings is 1. The van der Waals surface area contributed by atoms with Gasteiger partial charge in [-0.15, -0.1) is 0 Å². The van der Waals surface area contributed by atoms with Crippen LogP contribution in [0.2, 0.25) is 5.02 Å². The molecular weight excluding hydrogens is 524 g/mol. The Kier molecular flexibility index (Phi) is 6.79. The van der Waals surface area contributed by atoms with Gasteiger partial charge in [0.25, 0.3) is 0 Å². The number of hydrogen-bond acceptors (Lipinski definition) is 6. The molecule has 1 aliphatic carbocycles. The molecule has 0 atom stereocenters. The summed E-state index contributed by atoms with van der Waals surface area (Å²) < 4.78 is 6.05. The van der Waals surface area contributed by atoms with Crippen LogP contribution in [0.3, 0.4) is 0 Å². The highest BCUT2D eigenvalue weighted by Crippen LogP contribution is 2.50. The highest BCUT2D eigenvalue weighted by Gasteiger charge is 2.54. The maximum absolute atomic E-state index is 13.6. The van der Waals surface area contributed by atoms with Gasteiger partial charge in [-0.25, -0.2) is 4.98 Å². The van der Waals surface area contributed by atoms with Crippen molar-refractivity contribution >= 4 is 58.5 Å². The molecule has 202 valence electrons. The van der Waals surface area contributed by atoms with Gasteiger partial charge in [0.1, 0.15) is 18.2 Å². The molecule has 12 heteroatoms. The second-order valence-corrected chi connectivity index (χ2v) is 12.4. The third kappa shape index (κ3) is 4.74. The Morgan fingerprint density at radius 2 is 1.88 bits per heavy atom. The van der Waals surface area contributed by atoms with Crippen LogP contribution < -0.4 is 14.5 Å². The number of carbonyl (C=O) groups is 2. The molecule has 1 aromatic heterocycles. The number of nitrogens with zero attached hydrogens (tertiary/aromatic N) is 4. The highest BCUT2D eigenvalue weighted by molar-refractivity contribution is 6.62. The zero-order valence-electron chi connectivity index (χ0n) is 22.6. The van der Waals surface area contributed by atoms with Crippen LogP contribution in [0, 0.1) is 0 Å². The van der Waals surface area contributed by atoms with Gasteiger partial charge in [0.15, 0.2) is 0 Å². The molecule has 3 aliphatic heterocycles. The Labute approximate surface area is 243 Å². The first-order valence-electron chi connectivity index (χ1n) is 13.8. The predicted octanol–water partition coefficient (Wildman–Crippen LogP) is 1.80. The fourth-order valence-corrected chi connectivity index (χ4v) is 6.97. The molecule has 0 unspecified atom stereocenters. The molecule has 1 saturated carbocycles. The number of halogens is 1. The maximum atomic E-state index is 13.6. The Bertz CT molecular complexity index is 1350. The van der Waals surface area contributed by atoms with Gasteiger partial charge in [0.05, 0.1) is 40.8 Å². The summed E-state index contributed by atoms with van der Waals surface area (Å²) in [6.07, 6.45) is 5.01. The molecule has 2 aromatic rings. The number of anilines is 2. The second kappa shape index (κ2) is 9.81. The van der Waals surface area contributed by atoms with E-state index in [9.17, 15) is 14.7 Å². The minimum absolute atomic E-state index is 0.0130. The van der Waals surface area contributed by atoms with Crippen molar-refractivity contribution in [3.63, 3.8) is 0 Å². The van der Waals surface area contributed by atoms with E-state index in [1.54, 1.807) is 30.2 Å². The normalized spacial score (nSPS) is 26.0. The van der Waals surface area contributed by atoms with Crippen molar-refractivity contribution < 1.29 is 19.4 Å². The second-order valence-electron chi connectivity index (χ2n) is 11.9. The Morgan fingerprint density at radius 3 is 2.55 bits per heavy atom. The molecule has 4 heterocycles. The largest absolute Gasteiger partial charge is 0.491 e. The van der Waals surface area contributed by atoms with Crippen molar-refractivity contribution in [3.05, 3.63) is 46.6 Å². The standard InChI is InChI=1S/C28H30B3ClN4O4/c1-26(39)14-19(15-26)35-23(37)5-2-17-12-20(16-33-24(17)35)40-11-10-34-8-6-27(7-9-34)21-13-18(32)3-4-22(21)36(25(27)38)28(29,30)31/h3-4,12-13,16,19,39H,2,5-11,14-15H2,1H3. The van der Waals surface area contributed by atoms with Crippen LogP contribution in [0.1, 0.15) is 50.2 Å². The van der Waals surface area contributed by atoms with E-state index in [4.69, 9.17) is 39.9 Å². The molecule has 4 aliphatic rings. The number of aryl methyl sites for hydroxylation is 1. The average Bonchev–Trinajstić information content (AvgIpc) is 3.11. The van der Waals surface area contributed by atoms with E-state index in [2.05, 4.69) is 9.88 Å². The molecule has 2 fully saturated rings. The van der Waals surface area contributed by atoms with E-state index in [1.807, 2.05) is 12.1 Å². The summed E-state index contributed by atoms with van der Waals surface area (Å²) >= 11 is 6.30. The van der Waals surface area contributed by atoms with E-state index in [-0.39, 0.29) is 17.9 Å². The average molecular weight is 554 g/mol. The van der Waals surface area contributed by atoms with Crippen LogP contribution in [-0.2, 0) is 21.4 Å². The first-order valence-corrected chi connectivity index (χ1v) is 14.2. The van der Waals surface area contributed by atoms with Crippen LogP contribution in [0.25, 0.3) is 0 Å². The van der Waals surface area contributed by atoms with Crippen LogP contribution >= 0.6 is 11.6 Å². The molecule has 6 rings (SSSR count). The van der Waals surface area contributed by atoms with Gasteiger partial charge < -0.3 is 14.7 Å². The SMILES string of the molecule is [B]C([B])([B])N1C(=O)C2(CCN(CCOc3cnc4c(c3)CCC(=O)N4C3CC(C)(O)C3)CC2)c2cc(Cl)ccc21. The fourth-order valence-electron chi connectivity index (χ4n) is 6.80. The van der Waals surface area contributed by atoms with Gasteiger partial charge >= 0.3 is 0 Å². The van der Waals surface area contributed by atoms with Crippen molar-refractivity contribution in [2.75, 3.05) is 36.0 Å². The summed E-state index contributed by atoms with van der Waals surface area (Å²) in [6.45, 7) is 4.31. The molecule has 1 N–H and O–H groups in total. The van der Waals surface area contributed by atoms with E-state index in [1.165, 1.54) is 4.90 Å².